The molecule has 10 heteroatoms. The Morgan fingerprint density at radius 2 is 1.70 bits per heavy atom. The predicted molar refractivity (Wildman–Crippen MR) is 125 cm³/mol. The number of benzene rings is 3. The highest BCUT2D eigenvalue weighted by Crippen LogP contribution is 2.34. The number of ether oxygens (including phenoxy) is 2. The van der Waals surface area contributed by atoms with Gasteiger partial charge in [0.1, 0.15) is 5.82 Å². The number of anilines is 2. The summed E-state index contributed by atoms with van der Waals surface area (Å²) in [4.78, 5) is 12.0. The smallest absolute Gasteiger partial charge is 0.243 e. The van der Waals surface area contributed by atoms with Gasteiger partial charge in [0.05, 0.1) is 36.2 Å². The van der Waals surface area contributed by atoms with Crippen LogP contribution in [0.1, 0.15) is 5.56 Å². The maximum atomic E-state index is 14.0. The van der Waals surface area contributed by atoms with Gasteiger partial charge in [-0.05, 0) is 55.0 Å². The van der Waals surface area contributed by atoms with E-state index in [9.17, 15) is 17.6 Å². The van der Waals surface area contributed by atoms with Crippen LogP contribution < -0.4 is 20.1 Å². The van der Waals surface area contributed by atoms with Crippen molar-refractivity contribution in [3.05, 3.63) is 71.0 Å². The summed E-state index contributed by atoms with van der Waals surface area (Å²) in [5.41, 5.74) is 1.42. The van der Waals surface area contributed by atoms with Crippen LogP contribution in [-0.2, 0) is 14.6 Å². The van der Waals surface area contributed by atoms with Crippen LogP contribution in [0.4, 0.5) is 15.8 Å². The van der Waals surface area contributed by atoms with Crippen LogP contribution in [0.25, 0.3) is 0 Å². The number of amides is 1. The third kappa shape index (κ3) is 5.55. The first-order valence-electron chi connectivity index (χ1n) is 9.72. The minimum Gasteiger partial charge on any atom is -0.493 e. The van der Waals surface area contributed by atoms with Crippen LogP contribution in [0.3, 0.4) is 0 Å². The Bertz CT molecular complexity index is 1300. The fourth-order valence-electron chi connectivity index (χ4n) is 3.07. The molecule has 0 atom stereocenters. The van der Waals surface area contributed by atoms with E-state index in [2.05, 4.69) is 10.6 Å². The van der Waals surface area contributed by atoms with E-state index < -0.39 is 21.6 Å². The van der Waals surface area contributed by atoms with Gasteiger partial charge in [-0.2, -0.15) is 0 Å². The van der Waals surface area contributed by atoms with Gasteiger partial charge in [0.25, 0.3) is 0 Å². The number of hydrogen-bond acceptors (Lipinski definition) is 6. The average Bonchev–Trinajstić information content (AvgIpc) is 2.80. The van der Waals surface area contributed by atoms with Crippen LogP contribution in [0.5, 0.6) is 11.5 Å². The SMILES string of the molecule is COc1ccc(S(=O)(=O)c2cc(F)ccc2NCC(=O)Nc2cc(Cl)ccc2C)cc1OC. The summed E-state index contributed by atoms with van der Waals surface area (Å²) in [6.07, 6.45) is 0. The molecule has 0 aliphatic carbocycles. The molecule has 33 heavy (non-hydrogen) atoms. The Hall–Kier alpha value is -3.30. The van der Waals surface area contributed by atoms with Gasteiger partial charge in [0.2, 0.25) is 15.7 Å². The van der Waals surface area contributed by atoms with Gasteiger partial charge >= 0.3 is 0 Å². The average molecular weight is 493 g/mol. The fraction of sp³-hybridized carbons (Fsp3) is 0.174. The van der Waals surface area contributed by atoms with Crippen molar-refractivity contribution in [1.29, 1.82) is 0 Å². The van der Waals surface area contributed by atoms with Gasteiger partial charge in [-0.3, -0.25) is 4.79 Å². The van der Waals surface area contributed by atoms with E-state index in [1.54, 1.807) is 18.2 Å². The molecule has 0 aliphatic heterocycles. The van der Waals surface area contributed by atoms with Crippen LogP contribution in [0.2, 0.25) is 5.02 Å². The topological polar surface area (TPSA) is 93.7 Å². The maximum Gasteiger partial charge on any atom is 0.243 e. The second-order valence-electron chi connectivity index (χ2n) is 7.02. The van der Waals surface area contributed by atoms with Gasteiger partial charge in [-0.25, -0.2) is 12.8 Å². The van der Waals surface area contributed by atoms with Crippen molar-refractivity contribution in [1.82, 2.24) is 0 Å². The summed E-state index contributed by atoms with van der Waals surface area (Å²) in [6.45, 7) is 1.55. The van der Waals surface area contributed by atoms with Crippen molar-refractivity contribution in [2.24, 2.45) is 0 Å². The highest BCUT2D eigenvalue weighted by atomic mass is 35.5. The van der Waals surface area contributed by atoms with Crippen LogP contribution in [-0.4, -0.2) is 35.1 Å². The Labute approximate surface area is 196 Å². The molecule has 3 rings (SSSR count). The van der Waals surface area contributed by atoms with Gasteiger partial charge in [-0.1, -0.05) is 17.7 Å². The van der Waals surface area contributed by atoms with Crippen molar-refractivity contribution >= 4 is 38.7 Å². The molecule has 7 nitrogen and oxygen atoms in total. The number of sulfone groups is 1. The second-order valence-corrected chi connectivity index (χ2v) is 9.38. The Morgan fingerprint density at radius 1 is 0.970 bits per heavy atom. The molecule has 0 unspecified atom stereocenters. The summed E-state index contributed by atoms with van der Waals surface area (Å²) in [5, 5.41) is 5.95. The van der Waals surface area contributed by atoms with Gasteiger partial charge < -0.3 is 20.1 Å². The zero-order valence-corrected chi connectivity index (χ0v) is 19.7. The first-order valence-corrected chi connectivity index (χ1v) is 11.6. The van der Waals surface area contributed by atoms with E-state index in [0.29, 0.717) is 16.5 Å². The lowest BCUT2D eigenvalue weighted by molar-refractivity contribution is -0.114. The molecule has 0 heterocycles. The summed E-state index contributed by atoms with van der Waals surface area (Å²) in [6, 6.07) is 12.4. The standard InChI is InChI=1S/C23H22ClFN2O5S/c1-14-4-5-15(24)10-19(14)27-23(28)13-26-18-8-6-16(25)11-22(18)33(29,30)17-7-9-20(31-2)21(12-17)32-3/h4-12,26H,13H2,1-3H3,(H,27,28). The molecule has 0 radical (unpaired) electrons. The van der Waals surface area contributed by atoms with E-state index in [1.165, 1.54) is 38.5 Å². The molecule has 2 N–H and O–H groups in total. The predicted octanol–water partition coefficient (Wildman–Crippen LogP) is 4.69. The van der Waals surface area contributed by atoms with Crippen molar-refractivity contribution in [3.63, 3.8) is 0 Å². The summed E-state index contributed by atoms with van der Waals surface area (Å²) in [5.74, 6) is -0.611. The third-order valence-electron chi connectivity index (χ3n) is 4.81. The highest BCUT2D eigenvalue weighted by Gasteiger charge is 2.24. The molecule has 174 valence electrons. The molecule has 3 aromatic carbocycles. The van der Waals surface area contributed by atoms with Gasteiger partial charge in [-0.15, -0.1) is 0 Å². The van der Waals surface area contributed by atoms with Crippen LogP contribution in [0, 0.1) is 12.7 Å². The lowest BCUT2D eigenvalue weighted by atomic mass is 10.2. The highest BCUT2D eigenvalue weighted by molar-refractivity contribution is 7.91. The van der Waals surface area contributed by atoms with Crippen LogP contribution >= 0.6 is 11.6 Å². The van der Waals surface area contributed by atoms with Crippen molar-refractivity contribution in [2.75, 3.05) is 31.4 Å². The summed E-state index contributed by atoms with van der Waals surface area (Å²) < 4.78 is 50.9. The molecule has 0 aliphatic rings. The minimum absolute atomic E-state index is 0.0733. The molecular weight excluding hydrogens is 471 g/mol. The molecule has 3 aromatic rings. The third-order valence-corrected chi connectivity index (χ3v) is 6.84. The number of hydrogen-bond donors (Lipinski definition) is 2. The zero-order valence-electron chi connectivity index (χ0n) is 18.1. The number of rotatable bonds is 8. The van der Waals surface area contributed by atoms with Gasteiger partial charge in [0, 0.05) is 16.8 Å². The summed E-state index contributed by atoms with van der Waals surface area (Å²) >= 11 is 5.97. The Morgan fingerprint density at radius 3 is 2.39 bits per heavy atom. The van der Waals surface area contributed by atoms with Crippen molar-refractivity contribution in [3.8, 4) is 11.5 Å². The quantitative estimate of drug-likeness (QED) is 0.474. The maximum absolute atomic E-state index is 14.0. The number of methoxy groups -OCH3 is 2. The van der Waals surface area contributed by atoms with E-state index in [-0.39, 0.29) is 27.8 Å². The normalized spacial score (nSPS) is 11.1. The lowest BCUT2D eigenvalue weighted by Crippen LogP contribution is -2.23. The molecule has 0 saturated heterocycles. The van der Waals surface area contributed by atoms with E-state index in [1.807, 2.05) is 6.92 Å². The van der Waals surface area contributed by atoms with E-state index in [0.717, 1.165) is 17.7 Å². The van der Waals surface area contributed by atoms with Crippen LogP contribution in [0.15, 0.2) is 64.4 Å². The Balaban J connectivity index is 1.87. The molecule has 0 fully saturated rings. The van der Waals surface area contributed by atoms with E-state index >= 15 is 0 Å². The first kappa shape index (κ1) is 24.3. The van der Waals surface area contributed by atoms with E-state index in [4.69, 9.17) is 21.1 Å². The number of nitrogens with one attached hydrogen (secondary N) is 2. The molecular formula is C23H22ClFN2O5S. The molecule has 0 bridgehead atoms. The van der Waals surface area contributed by atoms with Crippen molar-refractivity contribution in [2.45, 2.75) is 16.7 Å². The first-order chi connectivity index (χ1) is 15.6. The monoisotopic (exact) mass is 492 g/mol. The largest absolute Gasteiger partial charge is 0.493 e. The van der Waals surface area contributed by atoms with Crippen molar-refractivity contribution < 1.29 is 27.1 Å². The minimum atomic E-state index is -4.16. The number of aryl methyl sites for hydroxylation is 1. The number of carbonyl (C=O) groups is 1. The summed E-state index contributed by atoms with van der Waals surface area (Å²) in [7, 11) is -1.35. The molecule has 1 amide bonds. The van der Waals surface area contributed by atoms with Gasteiger partial charge in [0.15, 0.2) is 11.5 Å². The lowest BCUT2D eigenvalue weighted by Gasteiger charge is -2.15. The second kappa shape index (κ2) is 10.1. The fourth-order valence-corrected chi connectivity index (χ4v) is 4.71. The molecule has 0 saturated carbocycles. The molecule has 0 aromatic heterocycles. The number of halogens is 2. The molecule has 0 spiro atoms. The Kier molecular flexibility index (Phi) is 7.45. The number of carbonyl (C=O) groups excluding carboxylic acids is 1. The zero-order chi connectivity index (χ0) is 24.2.